The van der Waals surface area contributed by atoms with Crippen LogP contribution in [0.15, 0.2) is 24.3 Å². The van der Waals surface area contributed by atoms with Gasteiger partial charge in [-0.1, -0.05) is 250 Å². The van der Waals surface area contributed by atoms with Crippen molar-refractivity contribution in [2.24, 2.45) is 0 Å². The molecule has 0 saturated carbocycles. The van der Waals surface area contributed by atoms with Gasteiger partial charge in [-0.2, -0.15) is 0 Å². The van der Waals surface area contributed by atoms with Gasteiger partial charge in [0.1, 0.15) is 0 Å². The molecule has 0 aliphatic rings. The standard InChI is InChI=1S/C56H107NO5/c1-3-5-7-9-11-13-15-17-19-22-26-30-34-38-42-46-50-56(61)62-51-47-43-39-35-31-27-23-20-21-25-29-33-37-41-45-49-55(60)57-53(52-58)54(59)48-44-40-36-32-28-24-18-16-14-12-10-8-6-4-2/h19,22,44,48,53-54,58-59H,3-18,20-21,23-43,45-47,49-52H2,1-2H3,(H,57,60)/b22-19-,48-44+. The van der Waals surface area contributed by atoms with E-state index in [1.807, 2.05) is 6.08 Å². The van der Waals surface area contributed by atoms with Crippen molar-refractivity contribution in [1.29, 1.82) is 0 Å². The molecule has 0 bridgehead atoms. The molecule has 0 heterocycles. The lowest BCUT2D eigenvalue weighted by atomic mass is 10.0. The number of aliphatic hydroxyl groups excluding tert-OH is 2. The lowest BCUT2D eigenvalue weighted by Gasteiger charge is -2.20. The molecule has 0 aromatic carbocycles. The second-order valence-corrected chi connectivity index (χ2v) is 18.9. The Kier molecular flexibility index (Phi) is 50.6. The average molecular weight is 874 g/mol. The molecule has 0 radical (unpaired) electrons. The number of carbonyl (C=O) groups excluding carboxylic acids is 2. The van der Waals surface area contributed by atoms with E-state index >= 15 is 0 Å². The molecule has 0 rings (SSSR count). The fourth-order valence-electron chi connectivity index (χ4n) is 8.45. The first-order chi connectivity index (χ1) is 30.5. The number of rotatable bonds is 51. The monoisotopic (exact) mass is 874 g/mol. The van der Waals surface area contributed by atoms with Gasteiger partial charge in [0.2, 0.25) is 5.91 Å². The van der Waals surface area contributed by atoms with Gasteiger partial charge in [-0.25, -0.2) is 0 Å². The van der Waals surface area contributed by atoms with Crippen LogP contribution in [0.1, 0.15) is 296 Å². The topological polar surface area (TPSA) is 95.9 Å². The predicted octanol–water partition coefficient (Wildman–Crippen LogP) is 16.7. The van der Waals surface area contributed by atoms with Crippen molar-refractivity contribution >= 4 is 11.9 Å². The number of esters is 1. The van der Waals surface area contributed by atoms with Gasteiger partial charge in [0.25, 0.3) is 0 Å². The number of hydrogen-bond acceptors (Lipinski definition) is 5. The molecule has 0 saturated heterocycles. The first-order valence-corrected chi connectivity index (χ1v) is 27.6. The van der Waals surface area contributed by atoms with Crippen molar-refractivity contribution in [2.45, 2.75) is 309 Å². The Morgan fingerprint density at radius 1 is 0.435 bits per heavy atom. The highest BCUT2D eigenvalue weighted by atomic mass is 16.5. The molecule has 3 N–H and O–H groups in total. The molecular formula is C56H107NO5. The molecular weight excluding hydrogens is 767 g/mol. The molecule has 62 heavy (non-hydrogen) atoms. The Bertz CT molecular complexity index is 966. The van der Waals surface area contributed by atoms with Crippen LogP contribution in [0, 0.1) is 0 Å². The van der Waals surface area contributed by atoms with Crippen molar-refractivity contribution in [1.82, 2.24) is 5.32 Å². The van der Waals surface area contributed by atoms with E-state index in [1.165, 1.54) is 212 Å². The minimum Gasteiger partial charge on any atom is -0.466 e. The van der Waals surface area contributed by atoms with Crippen molar-refractivity contribution in [3.8, 4) is 0 Å². The maximum absolute atomic E-state index is 12.4. The fraction of sp³-hybridized carbons (Fsp3) is 0.893. The van der Waals surface area contributed by atoms with Gasteiger partial charge in [0.15, 0.2) is 0 Å². The molecule has 0 spiro atoms. The minimum atomic E-state index is -0.849. The molecule has 6 heteroatoms. The summed E-state index contributed by atoms with van der Waals surface area (Å²) in [6, 6.07) is -0.634. The minimum absolute atomic E-state index is 0.00786. The lowest BCUT2D eigenvalue weighted by Crippen LogP contribution is -2.45. The van der Waals surface area contributed by atoms with Gasteiger partial charge in [-0.3, -0.25) is 9.59 Å². The van der Waals surface area contributed by atoms with Crippen LogP contribution in [0.5, 0.6) is 0 Å². The number of carbonyl (C=O) groups is 2. The van der Waals surface area contributed by atoms with Crippen LogP contribution in [-0.2, 0) is 14.3 Å². The number of nitrogens with one attached hydrogen (secondary N) is 1. The summed E-state index contributed by atoms with van der Waals surface area (Å²) in [6.07, 6.45) is 61.8. The summed E-state index contributed by atoms with van der Waals surface area (Å²) in [5.74, 6) is -0.0841. The van der Waals surface area contributed by atoms with Crippen LogP contribution in [0.2, 0.25) is 0 Å². The highest BCUT2D eigenvalue weighted by Crippen LogP contribution is 2.16. The smallest absolute Gasteiger partial charge is 0.305 e. The molecule has 2 atom stereocenters. The van der Waals surface area contributed by atoms with E-state index in [0.717, 1.165) is 57.8 Å². The largest absolute Gasteiger partial charge is 0.466 e. The summed E-state index contributed by atoms with van der Waals surface area (Å²) in [6.45, 7) is 4.88. The Morgan fingerprint density at radius 3 is 1.15 bits per heavy atom. The molecule has 0 fully saturated rings. The van der Waals surface area contributed by atoms with Crippen LogP contribution in [-0.4, -0.2) is 47.4 Å². The molecule has 0 aromatic heterocycles. The van der Waals surface area contributed by atoms with Crippen LogP contribution >= 0.6 is 0 Å². The molecule has 2 unspecified atom stereocenters. The van der Waals surface area contributed by atoms with Crippen LogP contribution in [0.4, 0.5) is 0 Å². The van der Waals surface area contributed by atoms with E-state index in [1.54, 1.807) is 6.08 Å². The summed E-state index contributed by atoms with van der Waals surface area (Å²) in [5.41, 5.74) is 0. The van der Waals surface area contributed by atoms with Crippen LogP contribution in [0.3, 0.4) is 0 Å². The molecule has 0 aliphatic carbocycles. The normalized spacial score (nSPS) is 12.8. The maximum atomic E-state index is 12.4. The zero-order valence-electron chi connectivity index (χ0n) is 41.6. The molecule has 0 aliphatic heterocycles. The van der Waals surface area contributed by atoms with Crippen molar-refractivity contribution in [2.75, 3.05) is 13.2 Å². The number of allylic oxidation sites excluding steroid dienone is 3. The van der Waals surface area contributed by atoms with E-state index in [9.17, 15) is 19.8 Å². The Morgan fingerprint density at radius 2 is 0.758 bits per heavy atom. The molecule has 6 nitrogen and oxygen atoms in total. The van der Waals surface area contributed by atoms with Crippen LogP contribution < -0.4 is 5.32 Å². The lowest BCUT2D eigenvalue weighted by molar-refractivity contribution is -0.143. The Labute approximate surface area is 386 Å². The summed E-state index contributed by atoms with van der Waals surface area (Å²) >= 11 is 0. The van der Waals surface area contributed by atoms with Gasteiger partial charge in [-0.05, 0) is 57.8 Å². The quantitative estimate of drug-likeness (QED) is 0.0321. The third kappa shape index (κ3) is 47.8. The summed E-state index contributed by atoms with van der Waals surface area (Å²) < 4.78 is 5.47. The Hall–Kier alpha value is -1.66. The van der Waals surface area contributed by atoms with E-state index in [2.05, 4.69) is 31.3 Å². The van der Waals surface area contributed by atoms with Gasteiger partial charge < -0.3 is 20.3 Å². The van der Waals surface area contributed by atoms with Gasteiger partial charge in [0.05, 0.1) is 25.4 Å². The highest BCUT2D eigenvalue weighted by Gasteiger charge is 2.18. The predicted molar refractivity (Wildman–Crippen MR) is 269 cm³/mol. The first-order valence-electron chi connectivity index (χ1n) is 27.6. The van der Waals surface area contributed by atoms with Crippen molar-refractivity contribution in [3.05, 3.63) is 24.3 Å². The second kappa shape index (κ2) is 52.0. The van der Waals surface area contributed by atoms with Gasteiger partial charge >= 0.3 is 5.97 Å². The van der Waals surface area contributed by atoms with Crippen molar-refractivity contribution in [3.63, 3.8) is 0 Å². The molecule has 366 valence electrons. The second-order valence-electron chi connectivity index (χ2n) is 18.9. The van der Waals surface area contributed by atoms with E-state index in [4.69, 9.17) is 4.74 Å². The third-order valence-electron chi connectivity index (χ3n) is 12.7. The van der Waals surface area contributed by atoms with Crippen molar-refractivity contribution < 1.29 is 24.5 Å². The Balaban J connectivity index is 3.45. The summed E-state index contributed by atoms with van der Waals surface area (Å²) in [7, 11) is 0. The molecule has 1 amide bonds. The average Bonchev–Trinajstić information content (AvgIpc) is 3.27. The van der Waals surface area contributed by atoms with Gasteiger partial charge in [0, 0.05) is 12.8 Å². The number of unbranched alkanes of at least 4 members (excludes halogenated alkanes) is 38. The van der Waals surface area contributed by atoms with Crippen LogP contribution in [0.25, 0.3) is 0 Å². The molecule has 0 aromatic rings. The number of ether oxygens (including phenoxy) is 1. The maximum Gasteiger partial charge on any atom is 0.305 e. The SMILES string of the molecule is CCCCCCCCC/C=C\CCCCCCCC(=O)OCCCCCCCCCCCCCCCCCC(=O)NC(CO)C(O)/C=C/CCCCCCCCCCCCCC. The third-order valence-corrected chi connectivity index (χ3v) is 12.7. The number of hydrogen-bond donors (Lipinski definition) is 3. The number of amides is 1. The van der Waals surface area contributed by atoms with E-state index < -0.39 is 12.1 Å². The fourth-order valence-corrected chi connectivity index (χ4v) is 8.45. The zero-order valence-corrected chi connectivity index (χ0v) is 41.6. The van der Waals surface area contributed by atoms with E-state index in [-0.39, 0.29) is 18.5 Å². The zero-order chi connectivity index (χ0) is 45.1. The highest BCUT2D eigenvalue weighted by molar-refractivity contribution is 5.76. The first kappa shape index (κ1) is 60.3. The number of aliphatic hydroxyl groups is 2. The van der Waals surface area contributed by atoms with E-state index in [0.29, 0.717) is 19.4 Å². The summed E-state index contributed by atoms with van der Waals surface area (Å²) in [4.78, 5) is 24.5. The van der Waals surface area contributed by atoms with Gasteiger partial charge in [-0.15, -0.1) is 0 Å². The summed E-state index contributed by atoms with van der Waals surface area (Å²) in [5, 5.41) is 23.1.